The zero-order valence-electron chi connectivity index (χ0n) is 15.0. The molecule has 3 aromatic heterocycles. The van der Waals surface area contributed by atoms with Crippen molar-refractivity contribution < 1.29 is 22.5 Å². The van der Waals surface area contributed by atoms with E-state index >= 15 is 0 Å². The largest absolute Gasteiger partial charge is 0.471 e. The molecule has 0 fully saturated rings. The molecule has 0 saturated carbocycles. The first-order valence-corrected chi connectivity index (χ1v) is 8.57. The second kappa shape index (κ2) is 7.04. The average Bonchev–Trinajstić information content (AvgIpc) is 3.35. The van der Waals surface area contributed by atoms with Gasteiger partial charge in [0, 0.05) is 18.0 Å². The van der Waals surface area contributed by atoms with Crippen LogP contribution in [-0.2, 0) is 6.18 Å². The van der Waals surface area contributed by atoms with Crippen molar-refractivity contribution in [2.24, 2.45) is 0 Å². The summed E-state index contributed by atoms with van der Waals surface area (Å²) in [7, 11) is 0. The van der Waals surface area contributed by atoms with Gasteiger partial charge in [-0.3, -0.25) is 4.79 Å². The fourth-order valence-electron chi connectivity index (χ4n) is 2.78. The SMILES string of the molecule is CC(NC(=O)c1cn2cc(-c3noc(C(F)(F)F)n3)ccc2n1)c1ccccc1. The molecule has 4 aromatic rings. The first-order chi connectivity index (χ1) is 13.8. The third-order valence-electron chi connectivity index (χ3n) is 4.26. The van der Waals surface area contributed by atoms with Gasteiger partial charge < -0.3 is 14.2 Å². The summed E-state index contributed by atoms with van der Waals surface area (Å²) in [5.41, 5.74) is 1.86. The summed E-state index contributed by atoms with van der Waals surface area (Å²) in [5, 5.41) is 6.22. The van der Waals surface area contributed by atoms with Crippen LogP contribution in [0.25, 0.3) is 17.0 Å². The third kappa shape index (κ3) is 3.82. The van der Waals surface area contributed by atoms with E-state index in [-0.39, 0.29) is 23.5 Å². The first-order valence-electron chi connectivity index (χ1n) is 8.57. The predicted octanol–water partition coefficient (Wildman–Crippen LogP) is 3.89. The Balaban J connectivity index is 1.57. The van der Waals surface area contributed by atoms with Gasteiger partial charge in [0.25, 0.3) is 5.91 Å². The molecule has 1 N–H and O–H groups in total. The average molecular weight is 401 g/mol. The maximum atomic E-state index is 12.6. The molecule has 0 spiro atoms. The topological polar surface area (TPSA) is 85.3 Å². The number of hydrogen-bond acceptors (Lipinski definition) is 5. The lowest BCUT2D eigenvalue weighted by molar-refractivity contribution is -0.159. The van der Waals surface area contributed by atoms with E-state index in [9.17, 15) is 18.0 Å². The van der Waals surface area contributed by atoms with E-state index in [1.54, 1.807) is 6.07 Å². The molecule has 1 aromatic carbocycles. The molecule has 0 saturated heterocycles. The molecule has 0 aliphatic heterocycles. The molecule has 4 rings (SSSR count). The molecular weight excluding hydrogens is 387 g/mol. The number of fused-ring (bicyclic) bond motifs is 1. The lowest BCUT2D eigenvalue weighted by Gasteiger charge is -2.12. The minimum Gasteiger partial charge on any atom is -0.344 e. The highest BCUT2D eigenvalue weighted by molar-refractivity contribution is 5.93. The first kappa shape index (κ1) is 18.7. The van der Waals surface area contributed by atoms with E-state index in [1.165, 1.54) is 22.9 Å². The van der Waals surface area contributed by atoms with Crippen LogP contribution in [0.4, 0.5) is 13.2 Å². The number of imidazole rings is 1. The summed E-state index contributed by atoms with van der Waals surface area (Å²) < 4.78 is 43.7. The Bertz CT molecular complexity index is 1170. The number of carbonyl (C=O) groups excluding carboxylic acids is 1. The molecule has 10 heteroatoms. The number of aromatic nitrogens is 4. The van der Waals surface area contributed by atoms with Crippen LogP contribution >= 0.6 is 0 Å². The van der Waals surface area contributed by atoms with E-state index < -0.39 is 12.1 Å². The number of benzene rings is 1. The van der Waals surface area contributed by atoms with Gasteiger partial charge in [0.15, 0.2) is 0 Å². The maximum absolute atomic E-state index is 12.6. The van der Waals surface area contributed by atoms with E-state index in [0.717, 1.165) is 5.56 Å². The second-order valence-electron chi connectivity index (χ2n) is 6.34. The summed E-state index contributed by atoms with van der Waals surface area (Å²) in [4.78, 5) is 20.1. The van der Waals surface area contributed by atoms with E-state index in [1.807, 2.05) is 37.3 Å². The fourth-order valence-corrected chi connectivity index (χ4v) is 2.78. The summed E-state index contributed by atoms with van der Waals surface area (Å²) in [6.45, 7) is 1.86. The number of rotatable bonds is 4. The van der Waals surface area contributed by atoms with Crippen LogP contribution in [0.15, 0.2) is 59.4 Å². The highest BCUT2D eigenvalue weighted by Gasteiger charge is 2.38. The van der Waals surface area contributed by atoms with E-state index in [2.05, 4.69) is 25.0 Å². The molecule has 0 bridgehead atoms. The normalized spacial score (nSPS) is 12.8. The van der Waals surface area contributed by atoms with Crippen molar-refractivity contribution in [3.05, 3.63) is 72.0 Å². The van der Waals surface area contributed by atoms with Gasteiger partial charge in [-0.05, 0) is 24.6 Å². The molecule has 0 aliphatic rings. The molecule has 148 valence electrons. The van der Waals surface area contributed by atoms with Gasteiger partial charge in [-0.1, -0.05) is 35.5 Å². The van der Waals surface area contributed by atoms with Crippen molar-refractivity contribution in [1.29, 1.82) is 0 Å². The lowest BCUT2D eigenvalue weighted by Crippen LogP contribution is -2.26. The van der Waals surface area contributed by atoms with Crippen molar-refractivity contribution in [3.63, 3.8) is 0 Å². The Kier molecular flexibility index (Phi) is 4.53. The summed E-state index contributed by atoms with van der Waals surface area (Å²) in [6.07, 6.45) is -1.76. The molecule has 3 heterocycles. The zero-order chi connectivity index (χ0) is 20.6. The Morgan fingerprint density at radius 2 is 1.86 bits per heavy atom. The molecule has 1 unspecified atom stereocenters. The van der Waals surface area contributed by atoms with E-state index in [0.29, 0.717) is 11.2 Å². The fraction of sp³-hybridized carbons (Fsp3) is 0.158. The smallest absolute Gasteiger partial charge is 0.344 e. The van der Waals surface area contributed by atoms with Crippen LogP contribution in [0.2, 0.25) is 0 Å². The zero-order valence-corrected chi connectivity index (χ0v) is 15.0. The number of hydrogen-bond donors (Lipinski definition) is 1. The van der Waals surface area contributed by atoms with Gasteiger partial charge in [-0.25, -0.2) is 4.98 Å². The molecule has 29 heavy (non-hydrogen) atoms. The van der Waals surface area contributed by atoms with Gasteiger partial charge in [0.1, 0.15) is 11.3 Å². The minimum absolute atomic E-state index is 0.175. The van der Waals surface area contributed by atoms with Crippen molar-refractivity contribution in [1.82, 2.24) is 24.8 Å². The van der Waals surface area contributed by atoms with Crippen LogP contribution < -0.4 is 5.32 Å². The molecule has 1 atom stereocenters. The second-order valence-corrected chi connectivity index (χ2v) is 6.34. The Morgan fingerprint density at radius 3 is 2.55 bits per heavy atom. The van der Waals surface area contributed by atoms with Gasteiger partial charge in [0.2, 0.25) is 5.82 Å². The van der Waals surface area contributed by atoms with Crippen LogP contribution in [0.1, 0.15) is 34.9 Å². The van der Waals surface area contributed by atoms with Gasteiger partial charge in [0.05, 0.1) is 6.04 Å². The number of carbonyl (C=O) groups is 1. The number of alkyl halides is 3. The van der Waals surface area contributed by atoms with Gasteiger partial charge >= 0.3 is 12.1 Å². The summed E-state index contributed by atoms with van der Waals surface area (Å²) in [5.74, 6) is -2.00. The Hall–Kier alpha value is -3.69. The van der Waals surface area contributed by atoms with E-state index in [4.69, 9.17) is 0 Å². The molecular formula is C19H14F3N5O2. The maximum Gasteiger partial charge on any atom is 0.471 e. The highest BCUT2D eigenvalue weighted by atomic mass is 19.4. The number of nitrogens with zero attached hydrogens (tertiary/aromatic N) is 4. The molecule has 0 radical (unpaired) electrons. The summed E-state index contributed by atoms with van der Waals surface area (Å²) in [6, 6.07) is 12.3. The minimum atomic E-state index is -4.72. The quantitative estimate of drug-likeness (QED) is 0.561. The molecule has 0 aliphatic carbocycles. The summed E-state index contributed by atoms with van der Waals surface area (Å²) >= 11 is 0. The Morgan fingerprint density at radius 1 is 1.10 bits per heavy atom. The third-order valence-corrected chi connectivity index (χ3v) is 4.26. The van der Waals surface area contributed by atoms with Crippen LogP contribution in [0, 0.1) is 0 Å². The monoisotopic (exact) mass is 401 g/mol. The molecule has 7 nitrogen and oxygen atoms in total. The Labute approximate surface area is 162 Å². The van der Waals surface area contributed by atoms with Gasteiger partial charge in [-0.15, -0.1) is 0 Å². The number of halogens is 3. The standard InChI is InChI=1S/C19H14F3N5O2/c1-11(12-5-3-2-4-6-12)23-17(28)14-10-27-9-13(7-8-15(27)24-14)16-25-18(29-26-16)19(20,21)22/h2-11H,1H3,(H,23,28). The van der Waals surface area contributed by atoms with Gasteiger partial charge in [-0.2, -0.15) is 18.2 Å². The van der Waals surface area contributed by atoms with Crippen LogP contribution in [0.5, 0.6) is 0 Å². The van der Waals surface area contributed by atoms with Crippen LogP contribution in [0.3, 0.4) is 0 Å². The number of amides is 1. The molecule has 1 amide bonds. The van der Waals surface area contributed by atoms with Crippen molar-refractivity contribution >= 4 is 11.6 Å². The number of nitrogens with one attached hydrogen (secondary N) is 1. The predicted molar refractivity (Wildman–Crippen MR) is 95.8 cm³/mol. The van der Waals surface area contributed by atoms with Crippen molar-refractivity contribution in [2.45, 2.75) is 19.1 Å². The highest BCUT2D eigenvalue weighted by Crippen LogP contribution is 2.29. The van der Waals surface area contributed by atoms with Crippen molar-refractivity contribution in [3.8, 4) is 11.4 Å². The lowest BCUT2D eigenvalue weighted by atomic mass is 10.1. The number of pyridine rings is 1. The van der Waals surface area contributed by atoms with Crippen molar-refractivity contribution in [2.75, 3.05) is 0 Å². The van der Waals surface area contributed by atoms with Crippen LogP contribution in [-0.4, -0.2) is 25.4 Å².